The number of ketones is 1. The molecular formula is C29H26NO+. The first-order chi connectivity index (χ1) is 15.3. The number of piperidine rings is 1. The van der Waals surface area contributed by atoms with Crippen molar-refractivity contribution in [2.45, 2.75) is 23.9 Å². The maximum atomic E-state index is 14.3. The first-order valence-electron chi connectivity index (χ1n) is 10.9. The second kappa shape index (κ2) is 8.71. The van der Waals surface area contributed by atoms with Crippen LogP contribution >= 0.6 is 0 Å². The first-order valence-corrected chi connectivity index (χ1v) is 10.9. The average Bonchev–Trinajstić information content (AvgIpc) is 2.85. The lowest BCUT2D eigenvalue weighted by Crippen LogP contribution is -2.91. The molecule has 1 fully saturated rings. The van der Waals surface area contributed by atoms with Crippen molar-refractivity contribution >= 4 is 5.78 Å². The third kappa shape index (κ3) is 3.83. The van der Waals surface area contributed by atoms with Gasteiger partial charge < -0.3 is 5.32 Å². The van der Waals surface area contributed by atoms with Crippen LogP contribution in [-0.4, -0.2) is 5.78 Å². The van der Waals surface area contributed by atoms with Crippen molar-refractivity contribution in [3.05, 3.63) is 144 Å². The molecule has 5 rings (SSSR count). The predicted molar refractivity (Wildman–Crippen MR) is 124 cm³/mol. The lowest BCUT2D eigenvalue weighted by atomic mass is 9.70. The Morgan fingerprint density at radius 1 is 0.419 bits per heavy atom. The van der Waals surface area contributed by atoms with Crippen molar-refractivity contribution in [2.75, 3.05) is 0 Å². The summed E-state index contributed by atoms with van der Waals surface area (Å²) < 4.78 is 0. The van der Waals surface area contributed by atoms with Gasteiger partial charge in [0.15, 0.2) is 5.78 Å². The number of nitrogens with two attached hydrogens (primary N) is 1. The quantitative estimate of drug-likeness (QED) is 0.499. The Morgan fingerprint density at radius 3 is 1.03 bits per heavy atom. The van der Waals surface area contributed by atoms with Gasteiger partial charge in [0.25, 0.3) is 0 Å². The Morgan fingerprint density at radius 2 is 0.710 bits per heavy atom. The molecule has 4 aromatic rings. The molecule has 152 valence electrons. The number of quaternary nitrogens is 1. The van der Waals surface area contributed by atoms with E-state index in [-0.39, 0.29) is 23.9 Å². The highest BCUT2D eigenvalue weighted by Gasteiger charge is 2.49. The van der Waals surface area contributed by atoms with Crippen molar-refractivity contribution in [3.63, 3.8) is 0 Å². The molecular weight excluding hydrogens is 378 g/mol. The number of carbonyl (C=O) groups excluding carboxylic acids is 1. The molecule has 0 spiro atoms. The van der Waals surface area contributed by atoms with Crippen molar-refractivity contribution in [3.8, 4) is 0 Å². The number of Topliss-reactive ketones (excluding diaryl/α,β-unsaturated/α-hetero) is 1. The van der Waals surface area contributed by atoms with Crippen LogP contribution < -0.4 is 5.32 Å². The normalized spacial score (nSPS) is 23.4. The van der Waals surface area contributed by atoms with Gasteiger partial charge in [-0.05, 0) is 11.1 Å². The monoisotopic (exact) mass is 404 g/mol. The summed E-state index contributed by atoms with van der Waals surface area (Å²) in [6, 6.07) is 41.5. The van der Waals surface area contributed by atoms with Crippen molar-refractivity contribution in [2.24, 2.45) is 0 Å². The van der Waals surface area contributed by atoms with Gasteiger partial charge in [0.05, 0.1) is 11.8 Å². The van der Waals surface area contributed by atoms with Crippen LogP contribution in [-0.2, 0) is 4.79 Å². The fraction of sp³-hybridized carbons (Fsp3) is 0.138. The maximum Gasteiger partial charge on any atom is 0.160 e. The third-order valence-corrected chi connectivity index (χ3v) is 6.43. The molecule has 2 nitrogen and oxygen atoms in total. The van der Waals surface area contributed by atoms with E-state index in [4.69, 9.17) is 0 Å². The number of rotatable bonds is 4. The zero-order valence-corrected chi connectivity index (χ0v) is 17.3. The maximum absolute atomic E-state index is 14.3. The van der Waals surface area contributed by atoms with Crippen LogP contribution in [0.25, 0.3) is 0 Å². The summed E-state index contributed by atoms with van der Waals surface area (Å²) in [6.45, 7) is 0. The van der Waals surface area contributed by atoms with E-state index in [9.17, 15) is 4.79 Å². The van der Waals surface area contributed by atoms with Gasteiger partial charge in [-0.3, -0.25) is 4.79 Å². The largest absolute Gasteiger partial charge is 0.332 e. The van der Waals surface area contributed by atoms with E-state index < -0.39 is 0 Å². The van der Waals surface area contributed by atoms with Crippen LogP contribution in [0.4, 0.5) is 0 Å². The lowest BCUT2D eigenvalue weighted by Gasteiger charge is -2.39. The molecule has 1 heterocycles. The SMILES string of the molecule is O=C1[C@H](c2ccccc2)[C@H](c2ccccc2)[NH2+][C@H](c2ccccc2)[C@@H]1c1ccccc1. The smallest absolute Gasteiger partial charge is 0.160 e. The fourth-order valence-corrected chi connectivity index (χ4v) is 5.01. The van der Waals surface area contributed by atoms with E-state index in [1.54, 1.807) is 0 Å². The minimum absolute atomic E-state index is 0.0290. The second-order valence-corrected chi connectivity index (χ2v) is 8.24. The minimum atomic E-state index is -0.200. The van der Waals surface area contributed by atoms with Crippen LogP contribution in [0.2, 0.25) is 0 Å². The van der Waals surface area contributed by atoms with Crippen molar-refractivity contribution in [1.29, 1.82) is 0 Å². The summed E-state index contributed by atoms with van der Waals surface area (Å²) in [7, 11) is 0. The van der Waals surface area contributed by atoms with Crippen LogP contribution in [0.1, 0.15) is 46.2 Å². The van der Waals surface area contributed by atoms with Crippen molar-refractivity contribution in [1.82, 2.24) is 0 Å². The van der Waals surface area contributed by atoms with E-state index in [0.717, 1.165) is 11.1 Å². The highest BCUT2D eigenvalue weighted by atomic mass is 16.1. The van der Waals surface area contributed by atoms with Crippen LogP contribution in [0.15, 0.2) is 121 Å². The Labute approximate surface area is 183 Å². The minimum Gasteiger partial charge on any atom is -0.332 e. The molecule has 0 aromatic heterocycles. The molecule has 0 amide bonds. The first kappa shape index (κ1) is 19.5. The number of benzene rings is 4. The molecule has 1 aliphatic rings. The molecule has 2 N–H and O–H groups in total. The Hall–Kier alpha value is -3.49. The van der Waals surface area contributed by atoms with E-state index in [2.05, 4.69) is 78.1 Å². The Bertz CT molecular complexity index is 1040. The molecule has 2 heteroatoms. The van der Waals surface area contributed by atoms with Gasteiger partial charge in [-0.25, -0.2) is 0 Å². The zero-order chi connectivity index (χ0) is 21.0. The molecule has 0 saturated carbocycles. The summed E-state index contributed by atoms with van der Waals surface area (Å²) in [5.74, 6) is -0.106. The highest BCUT2D eigenvalue weighted by molar-refractivity contribution is 5.93. The van der Waals surface area contributed by atoms with Gasteiger partial charge in [0.2, 0.25) is 0 Å². The number of carbonyl (C=O) groups is 1. The molecule has 1 aliphatic heterocycles. The molecule has 4 aromatic carbocycles. The summed E-state index contributed by atoms with van der Waals surface area (Å²) in [4.78, 5) is 14.3. The number of hydrogen-bond donors (Lipinski definition) is 1. The van der Waals surface area contributed by atoms with Crippen LogP contribution in [0.5, 0.6) is 0 Å². The van der Waals surface area contributed by atoms with Crippen molar-refractivity contribution < 1.29 is 10.1 Å². The second-order valence-electron chi connectivity index (χ2n) is 8.24. The topological polar surface area (TPSA) is 33.7 Å². The van der Waals surface area contributed by atoms with Gasteiger partial charge in [-0.15, -0.1) is 0 Å². The fourth-order valence-electron chi connectivity index (χ4n) is 5.01. The molecule has 0 bridgehead atoms. The molecule has 1 saturated heterocycles. The summed E-state index contributed by atoms with van der Waals surface area (Å²) in [5.41, 5.74) is 4.56. The van der Waals surface area contributed by atoms with Gasteiger partial charge in [-0.2, -0.15) is 0 Å². The molecule has 31 heavy (non-hydrogen) atoms. The van der Waals surface area contributed by atoms with Gasteiger partial charge >= 0.3 is 0 Å². The zero-order valence-electron chi connectivity index (χ0n) is 17.3. The van der Waals surface area contributed by atoms with Crippen LogP contribution in [0.3, 0.4) is 0 Å². The van der Waals surface area contributed by atoms with Gasteiger partial charge in [-0.1, -0.05) is 121 Å². The highest BCUT2D eigenvalue weighted by Crippen LogP contribution is 2.42. The van der Waals surface area contributed by atoms with Gasteiger partial charge in [0, 0.05) is 11.1 Å². The van der Waals surface area contributed by atoms with E-state index in [1.165, 1.54) is 11.1 Å². The molecule has 0 unspecified atom stereocenters. The summed E-state index contributed by atoms with van der Waals surface area (Å²) in [5, 5.41) is 2.42. The predicted octanol–water partition coefficient (Wildman–Crippen LogP) is 5.18. The van der Waals surface area contributed by atoms with Crippen LogP contribution in [0, 0.1) is 0 Å². The lowest BCUT2D eigenvalue weighted by molar-refractivity contribution is -0.742. The number of hydrogen-bond acceptors (Lipinski definition) is 1. The standard InChI is InChI=1S/C29H25NO/c31-29-25(21-13-5-1-6-14-21)27(23-17-9-3-10-18-23)30-28(24-19-11-4-12-20-24)26(29)22-15-7-2-8-16-22/h1-20,25-28,30H/p+1/t25-,26+,27+,28-. The average molecular weight is 405 g/mol. The van der Waals surface area contributed by atoms with E-state index >= 15 is 0 Å². The van der Waals surface area contributed by atoms with Gasteiger partial charge in [0.1, 0.15) is 12.1 Å². The summed E-state index contributed by atoms with van der Waals surface area (Å²) >= 11 is 0. The Balaban J connectivity index is 1.67. The van der Waals surface area contributed by atoms with E-state index in [1.807, 2.05) is 48.5 Å². The third-order valence-electron chi connectivity index (χ3n) is 6.43. The molecule has 0 radical (unpaired) electrons. The summed E-state index contributed by atoms with van der Waals surface area (Å²) in [6.07, 6.45) is 0. The Kier molecular flexibility index (Phi) is 5.47. The van der Waals surface area contributed by atoms with E-state index in [0.29, 0.717) is 5.78 Å². The molecule has 4 atom stereocenters. The molecule has 0 aliphatic carbocycles.